The second-order valence-electron chi connectivity index (χ2n) is 6.09. The fraction of sp³-hybridized carbons (Fsp3) is 0.263. The molecule has 0 radical (unpaired) electrons. The molecular weight excluding hydrogens is 422 g/mol. The van der Waals surface area contributed by atoms with Crippen molar-refractivity contribution >= 4 is 33.4 Å². The topological polar surface area (TPSA) is 58.6 Å². The third-order valence-electron chi connectivity index (χ3n) is 4.26. The first kappa shape index (κ1) is 19.3. The Balaban J connectivity index is 1.62. The summed E-state index contributed by atoms with van der Waals surface area (Å²) < 4.78 is 30.2. The molecule has 0 saturated carbocycles. The third-order valence-corrected chi connectivity index (χ3v) is 4.75. The zero-order valence-corrected chi connectivity index (χ0v) is 15.8. The minimum Gasteiger partial charge on any atom is -0.434 e. The van der Waals surface area contributed by atoms with Crippen LogP contribution in [-0.2, 0) is 16.1 Å². The van der Waals surface area contributed by atoms with Crippen LogP contribution in [0.25, 0.3) is 0 Å². The summed E-state index contributed by atoms with van der Waals surface area (Å²) in [6.45, 7) is -2.62. The number of hydrogen-bond acceptors (Lipinski definition) is 3. The summed E-state index contributed by atoms with van der Waals surface area (Å²) in [5.74, 6) is -0.909. The first-order valence-corrected chi connectivity index (χ1v) is 9.09. The van der Waals surface area contributed by atoms with Crippen molar-refractivity contribution in [2.75, 3.05) is 11.4 Å². The second kappa shape index (κ2) is 8.47. The Kier molecular flexibility index (Phi) is 6.05. The van der Waals surface area contributed by atoms with Gasteiger partial charge < -0.3 is 15.0 Å². The lowest BCUT2D eigenvalue weighted by molar-refractivity contribution is -0.126. The summed E-state index contributed by atoms with van der Waals surface area (Å²) in [4.78, 5) is 26.3. The van der Waals surface area contributed by atoms with E-state index in [0.29, 0.717) is 5.56 Å². The molecule has 8 heteroatoms. The number of amides is 2. The standard InChI is InChI=1S/C19H17BrF2N2O3/c20-14-5-3-6-15(9-14)24-11-13(8-17(24)25)18(26)23-10-12-4-1-2-7-16(12)27-19(21)22/h1-7,9,13,19H,8,10-11H2,(H,23,26). The van der Waals surface area contributed by atoms with Crippen molar-refractivity contribution in [1.29, 1.82) is 0 Å². The Hall–Kier alpha value is -2.48. The van der Waals surface area contributed by atoms with Crippen molar-refractivity contribution < 1.29 is 23.1 Å². The molecule has 2 aromatic rings. The van der Waals surface area contributed by atoms with Crippen molar-refractivity contribution in [1.82, 2.24) is 5.32 Å². The average Bonchev–Trinajstić information content (AvgIpc) is 3.02. The normalized spacial score (nSPS) is 16.7. The van der Waals surface area contributed by atoms with Crippen LogP contribution in [-0.4, -0.2) is 25.0 Å². The van der Waals surface area contributed by atoms with Crippen molar-refractivity contribution in [3.63, 3.8) is 0 Å². The smallest absolute Gasteiger partial charge is 0.387 e. The van der Waals surface area contributed by atoms with E-state index >= 15 is 0 Å². The number of halogens is 3. The van der Waals surface area contributed by atoms with E-state index in [0.717, 1.165) is 10.2 Å². The van der Waals surface area contributed by atoms with Crippen LogP contribution in [0.4, 0.5) is 14.5 Å². The molecule has 3 rings (SSSR count). The molecule has 2 aromatic carbocycles. The fourth-order valence-electron chi connectivity index (χ4n) is 2.96. The van der Waals surface area contributed by atoms with Gasteiger partial charge in [-0.15, -0.1) is 0 Å². The van der Waals surface area contributed by atoms with Gasteiger partial charge in [-0.05, 0) is 24.3 Å². The highest BCUT2D eigenvalue weighted by atomic mass is 79.9. The highest BCUT2D eigenvalue weighted by molar-refractivity contribution is 9.10. The minimum atomic E-state index is -2.94. The van der Waals surface area contributed by atoms with Crippen LogP contribution in [0.3, 0.4) is 0 Å². The maximum atomic E-state index is 12.5. The predicted octanol–water partition coefficient (Wildman–Crippen LogP) is 3.72. The van der Waals surface area contributed by atoms with E-state index < -0.39 is 12.5 Å². The molecule has 1 unspecified atom stereocenters. The Morgan fingerprint density at radius 3 is 2.78 bits per heavy atom. The summed E-state index contributed by atoms with van der Waals surface area (Å²) in [5.41, 5.74) is 1.17. The third kappa shape index (κ3) is 4.82. The number of carbonyl (C=O) groups is 2. The zero-order chi connectivity index (χ0) is 19.4. The molecule has 1 fully saturated rings. The number of alkyl halides is 2. The molecule has 1 saturated heterocycles. The maximum Gasteiger partial charge on any atom is 0.387 e. The molecule has 0 bridgehead atoms. The molecule has 5 nitrogen and oxygen atoms in total. The number of hydrogen-bond donors (Lipinski definition) is 1. The SMILES string of the molecule is O=C(NCc1ccccc1OC(F)F)C1CC(=O)N(c2cccc(Br)c2)C1. The molecular formula is C19H17BrF2N2O3. The largest absolute Gasteiger partial charge is 0.434 e. The Morgan fingerprint density at radius 1 is 1.26 bits per heavy atom. The zero-order valence-electron chi connectivity index (χ0n) is 14.2. The molecule has 142 valence electrons. The lowest BCUT2D eigenvalue weighted by atomic mass is 10.1. The van der Waals surface area contributed by atoms with Gasteiger partial charge in [0.15, 0.2) is 0 Å². The van der Waals surface area contributed by atoms with E-state index in [9.17, 15) is 18.4 Å². The lowest BCUT2D eigenvalue weighted by Gasteiger charge is -2.17. The van der Waals surface area contributed by atoms with Crippen molar-refractivity contribution in [2.24, 2.45) is 5.92 Å². The van der Waals surface area contributed by atoms with Gasteiger partial charge in [0.05, 0.1) is 5.92 Å². The quantitative estimate of drug-likeness (QED) is 0.747. The second-order valence-corrected chi connectivity index (χ2v) is 7.00. The number of rotatable bonds is 6. The summed E-state index contributed by atoms with van der Waals surface area (Å²) in [5, 5.41) is 2.71. The Morgan fingerprint density at radius 2 is 2.04 bits per heavy atom. The van der Waals surface area contributed by atoms with E-state index in [4.69, 9.17) is 0 Å². The van der Waals surface area contributed by atoms with Crippen LogP contribution < -0.4 is 15.0 Å². The predicted molar refractivity (Wildman–Crippen MR) is 99.5 cm³/mol. The molecule has 1 aliphatic rings. The molecule has 27 heavy (non-hydrogen) atoms. The van der Waals surface area contributed by atoms with Gasteiger partial charge in [0.1, 0.15) is 5.75 Å². The number of para-hydroxylation sites is 1. The molecule has 0 aromatic heterocycles. The van der Waals surface area contributed by atoms with Gasteiger partial charge in [-0.1, -0.05) is 40.2 Å². The first-order chi connectivity index (χ1) is 12.9. The van der Waals surface area contributed by atoms with E-state index in [2.05, 4.69) is 26.0 Å². The van der Waals surface area contributed by atoms with E-state index in [1.54, 1.807) is 29.2 Å². The average molecular weight is 439 g/mol. The number of nitrogens with one attached hydrogen (secondary N) is 1. The number of anilines is 1. The van der Waals surface area contributed by atoms with Crippen LogP contribution in [0, 0.1) is 5.92 Å². The minimum absolute atomic E-state index is 0.0195. The van der Waals surface area contributed by atoms with Gasteiger partial charge in [0.25, 0.3) is 0 Å². The summed E-state index contributed by atoms with van der Waals surface area (Å²) in [7, 11) is 0. The number of carbonyl (C=O) groups excluding carboxylic acids is 2. The van der Waals surface area contributed by atoms with E-state index in [1.807, 2.05) is 18.2 Å². The maximum absolute atomic E-state index is 12.5. The summed E-state index contributed by atoms with van der Waals surface area (Å²) in [6, 6.07) is 13.6. The van der Waals surface area contributed by atoms with Gasteiger partial charge >= 0.3 is 6.61 Å². The van der Waals surface area contributed by atoms with Crippen molar-refractivity contribution in [3.8, 4) is 5.75 Å². The van der Waals surface area contributed by atoms with Gasteiger partial charge in [-0.3, -0.25) is 9.59 Å². The molecule has 0 spiro atoms. The fourth-order valence-corrected chi connectivity index (χ4v) is 3.35. The highest BCUT2D eigenvalue weighted by Crippen LogP contribution is 2.27. The monoisotopic (exact) mass is 438 g/mol. The summed E-state index contributed by atoms with van der Waals surface area (Å²) >= 11 is 3.37. The lowest BCUT2D eigenvalue weighted by Crippen LogP contribution is -2.32. The molecule has 1 aliphatic heterocycles. The number of nitrogens with zero attached hydrogens (tertiary/aromatic N) is 1. The highest BCUT2D eigenvalue weighted by Gasteiger charge is 2.35. The van der Waals surface area contributed by atoms with Crippen LogP contribution >= 0.6 is 15.9 Å². The van der Waals surface area contributed by atoms with Gasteiger partial charge in [0, 0.05) is 35.2 Å². The molecule has 2 amide bonds. The van der Waals surface area contributed by atoms with Crippen LogP contribution in [0.1, 0.15) is 12.0 Å². The Labute approximate surface area is 163 Å². The first-order valence-electron chi connectivity index (χ1n) is 8.30. The number of benzene rings is 2. The molecule has 1 atom stereocenters. The van der Waals surface area contributed by atoms with Crippen LogP contribution in [0.2, 0.25) is 0 Å². The molecule has 1 N–H and O–H groups in total. The van der Waals surface area contributed by atoms with Crippen molar-refractivity contribution in [2.45, 2.75) is 19.6 Å². The van der Waals surface area contributed by atoms with Crippen molar-refractivity contribution in [3.05, 3.63) is 58.6 Å². The van der Waals surface area contributed by atoms with Gasteiger partial charge in [-0.2, -0.15) is 8.78 Å². The van der Waals surface area contributed by atoms with Crippen LogP contribution in [0.5, 0.6) is 5.75 Å². The summed E-state index contributed by atoms with van der Waals surface area (Å²) in [6.07, 6.45) is 0.105. The molecule has 1 heterocycles. The van der Waals surface area contributed by atoms with Gasteiger partial charge in [-0.25, -0.2) is 0 Å². The van der Waals surface area contributed by atoms with E-state index in [1.165, 1.54) is 6.07 Å². The Bertz CT molecular complexity index is 847. The van der Waals surface area contributed by atoms with E-state index in [-0.39, 0.29) is 37.1 Å². The van der Waals surface area contributed by atoms with Crippen LogP contribution in [0.15, 0.2) is 53.0 Å². The molecule has 0 aliphatic carbocycles. The van der Waals surface area contributed by atoms with Gasteiger partial charge in [0.2, 0.25) is 11.8 Å². The number of ether oxygens (including phenoxy) is 1.